The largest absolute Gasteiger partial charge is 0.495 e. The van der Waals surface area contributed by atoms with Crippen LogP contribution in [-0.2, 0) is 0 Å². The third kappa shape index (κ3) is 4.67. The molecule has 8 nitrogen and oxygen atoms in total. The van der Waals surface area contributed by atoms with Crippen LogP contribution in [0.4, 0.5) is 10.2 Å². The number of methoxy groups -OCH3 is 1. The maximum Gasteiger partial charge on any atom is 0.339 e. The van der Waals surface area contributed by atoms with Crippen LogP contribution in [0, 0.1) is 12.7 Å². The Morgan fingerprint density at radius 1 is 1.15 bits per heavy atom. The molecule has 0 saturated heterocycles. The summed E-state index contributed by atoms with van der Waals surface area (Å²) >= 11 is 0. The van der Waals surface area contributed by atoms with Crippen molar-refractivity contribution >= 4 is 11.8 Å². The van der Waals surface area contributed by atoms with Gasteiger partial charge in [0.15, 0.2) is 5.82 Å². The number of aromatic carboxylic acids is 1. The first-order chi connectivity index (χ1) is 15.9. The Morgan fingerprint density at radius 3 is 2.55 bits per heavy atom. The summed E-state index contributed by atoms with van der Waals surface area (Å²) in [5, 5.41) is 21.2. The number of carboxylic acids is 1. The fraction of sp³-hybridized carbons (Fsp3) is 0.167. The summed E-state index contributed by atoms with van der Waals surface area (Å²) in [4.78, 5) is 16.2. The van der Waals surface area contributed by atoms with Gasteiger partial charge in [0.2, 0.25) is 0 Å². The molecule has 33 heavy (non-hydrogen) atoms. The Labute approximate surface area is 189 Å². The van der Waals surface area contributed by atoms with Gasteiger partial charge in [0, 0.05) is 11.8 Å². The zero-order chi connectivity index (χ0) is 23.5. The lowest BCUT2D eigenvalue weighted by atomic mass is 10.1. The number of aryl methyl sites for hydroxylation is 1. The summed E-state index contributed by atoms with van der Waals surface area (Å²) in [6.07, 6.45) is 3.57. The van der Waals surface area contributed by atoms with Crippen LogP contribution in [0.25, 0.3) is 16.9 Å². The number of anilines is 1. The van der Waals surface area contributed by atoms with Crippen molar-refractivity contribution in [2.75, 3.05) is 12.4 Å². The Morgan fingerprint density at radius 2 is 1.91 bits per heavy atom. The number of hydrogen-bond donors (Lipinski definition) is 2. The molecule has 2 aromatic carbocycles. The van der Waals surface area contributed by atoms with Crippen molar-refractivity contribution < 1.29 is 19.0 Å². The summed E-state index contributed by atoms with van der Waals surface area (Å²) in [6, 6.07) is 12.6. The summed E-state index contributed by atoms with van der Waals surface area (Å²) in [5.74, 6) is -0.778. The molecule has 0 amide bonds. The molecule has 0 spiro atoms. The molecule has 2 heterocycles. The number of ether oxygens (including phenoxy) is 1. The number of nitrogens with one attached hydrogen (secondary N) is 1. The average molecular weight is 447 g/mol. The molecular formula is C24H22FN5O3. The molecule has 0 bridgehead atoms. The minimum absolute atomic E-state index is 0.0257. The van der Waals surface area contributed by atoms with E-state index in [4.69, 9.17) is 4.74 Å². The molecule has 2 N–H and O–H groups in total. The molecule has 168 valence electrons. The lowest BCUT2D eigenvalue weighted by molar-refractivity contribution is 0.0697. The van der Waals surface area contributed by atoms with Crippen molar-refractivity contribution in [2.45, 2.75) is 19.9 Å². The van der Waals surface area contributed by atoms with Gasteiger partial charge in [-0.3, -0.25) is 0 Å². The van der Waals surface area contributed by atoms with Crippen LogP contribution in [-0.4, -0.2) is 37.9 Å². The average Bonchev–Trinajstić information content (AvgIpc) is 3.25. The first kappa shape index (κ1) is 21.9. The number of aromatic nitrogens is 4. The highest BCUT2D eigenvalue weighted by atomic mass is 19.1. The topological polar surface area (TPSA) is 102 Å². The van der Waals surface area contributed by atoms with Crippen molar-refractivity contribution in [2.24, 2.45) is 0 Å². The number of hydrogen-bond acceptors (Lipinski definition) is 6. The molecule has 0 saturated carbocycles. The van der Waals surface area contributed by atoms with Gasteiger partial charge in [-0.1, -0.05) is 18.2 Å². The summed E-state index contributed by atoms with van der Waals surface area (Å²) < 4.78 is 20.6. The van der Waals surface area contributed by atoms with E-state index in [9.17, 15) is 14.3 Å². The molecule has 0 radical (unpaired) electrons. The molecule has 4 aromatic rings. The zero-order valence-corrected chi connectivity index (χ0v) is 18.3. The number of nitrogens with zero attached hydrogens (tertiary/aromatic N) is 4. The monoisotopic (exact) mass is 447 g/mol. The number of carbonyl (C=O) groups is 1. The van der Waals surface area contributed by atoms with Gasteiger partial charge in [0.1, 0.15) is 17.1 Å². The van der Waals surface area contributed by atoms with E-state index in [1.54, 1.807) is 31.6 Å². The van der Waals surface area contributed by atoms with Crippen molar-refractivity contribution in [3.05, 3.63) is 83.7 Å². The fourth-order valence-electron chi connectivity index (χ4n) is 3.45. The van der Waals surface area contributed by atoms with E-state index < -0.39 is 5.97 Å². The number of benzene rings is 2. The lowest BCUT2D eigenvalue weighted by Gasteiger charge is -2.17. The zero-order valence-electron chi connectivity index (χ0n) is 18.3. The van der Waals surface area contributed by atoms with Crippen LogP contribution >= 0.6 is 0 Å². The van der Waals surface area contributed by atoms with Crippen molar-refractivity contribution in [1.82, 2.24) is 19.7 Å². The number of imidazole rings is 1. The van der Waals surface area contributed by atoms with Crippen molar-refractivity contribution in [1.29, 1.82) is 0 Å². The smallest absolute Gasteiger partial charge is 0.339 e. The second-order valence-electron chi connectivity index (χ2n) is 7.52. The minimum Gasteiger partial charge on any atom is -0.495 e. The fourth-order valence-corrected chi connectivity index (χ4v) is 3.45. The molecule has 0 fully saturated rings. The van der Waals surface area contributed by atoms with E-state index in [1.165, 1.54) is 18.2 Å². The van der Waals surface area contributed by atoms with Crippen LogP contribution < -0.4 is 10.1 Å². The van der Waals surface area contributed by atoms with E-state index in [1.807, 2.05) is 36.7 Å². The predicted octanol–water partition coefficient (Wildman–Crippen LogP) is 4.66. The highest BCUT2D eigenvalue weighted by molar-refractivity contribution is 5.94. The Bertz CT molecular complexity index is 1300. The molecular weight excluding hydrogens is 425 g/mol. The van der Waals surface area contributed by atoms with Crippen LogP contribution in [0.1, 0.15) is 34.6 Å². The van der Waals surface area contributed by atoms with Gasteiger partial charge < -0.3 is 19.7 Å². The standard InChI is InChI=1S/C24H22FN5O3/c1-14-12-30(13-26-14)21-9-6-17(10-22(21)33-3)20-11-19(24(31)32)23(29-28-20)27-15(2)16-4-7-18(25)8-5-16/h4-13,15H,1-3H3,(H,27,29)(H,31,32)/t15-/m0/s1. The first-order valence-corrected chi connectivity index (χ1v) is 10.2. The van der Waals surface area contributed by atoms with E-state index in [0.29, 0.717) is 17.0 Å². The SMILES string of the molecule is COc1cc(-c2cc(C(=O)O)c(N[C@@H](C)c3ccc(F)cc3)nn2)ccc1-n1cnc(C)c1. The number of rotatable bonds is 7. The number of carboxylic acid groups (broad SMARTS) is 1. The molecule has 0 unspecified atom stereocenters. The molecule has 1 atom stereocenters. The van der Waals surface area contributed by atoms with Crippen LogP contribution in [0.15, 0.2) is 61.1 Å². The molecule has 0 aliphatic heterocycles. The van der Waals surface area contributed by atoms with Gasteiger partial charge in [0.05, 0.1) is 36.6 Å². The van der Waals surface area contributed by atoms with Gasteiger partial charge >= 0.3 is 5.97 Å². The van der Waals surface area contributed by atoms with Crippen molar-refractivity contribution in [3.8, 4) is 22.7 Å². The lowest BCUT2D eigenvalue weighted by Crippen LogP contribution is -2.13. The van der Waals surface area contributed by atoms with E-state index in [0.717, 1.165) is 16.9 Å². The number of halogens is 1. The minimum atomic E-state index is -1.14. The third-order valence-electron chi connectivity index (χ3n) is 5.21. The third-order valence-corrected chi connectivity index (χ3v) is 5.21. The highest BCUT2D eigenvalue weighted by Crippen LogP contribution is 2.30. The van der Waals surface area contributed by atoms with Gasteiger partial charge in [0.25, 0.3) is 0 Å². The first-order valence-electron chi connectivity index (χ1n) is 10.2. The molecule has 2 aromatic heterocycles. The molecule has 0 aliphatic rings. The highest BCUT2D eigenvalue weighted by Gasteiger charge is 2.18. The second-order valence-corrected chi connectivity index (χ2v) is 7.52. The van der Waals surface area contributed by atoms with E-state index in [2.05, 4.69) is 20.5 Å². The van der Waals surface area contributed by atoms with Gasteiger partial charge in [-0.05, 0) is 49.7 Å². The maximum atomic E-state index is 13.2. The quantitative estimate of drug-likeness (QED) is 0.425. The summed E-state index contributed by atoms with van der Waals surface area (Å²) in [7, 11) is 1.56. The normalized spacial score (nSPS) is 11.8. The van der Waals surface area contributed by atoms with E-state index in [-0.39, 0.29) is 23.2 Å². The Hall–Kier alpha value is -4.27. The van der Waals surface area contributed by atoms with Crippen LogP contribution in [0.3, 0.4) is 0 Å². The van der Waals surface area contributed by atoms with Crippen LogP contribution in [0.2, 0.25) is 0 Å². The molecule has 4 rings (SSSR count). The Balaban J connectivity index is 1.66. The maximum absolute atomic E-state index is 13.2. The van der Waals surface area contributed by atoms with E-state index >= 15 is 0 Å². The summed E-state index contributed by atoms with van der Waals surface area (Å²) in [6.45, 7) is 3.72. The van der Waals surface area contributed by atoms with Crippen molar-refractivity contribution in [3.63, 3.8) is 0 Å². The Kier molecular flexibility index (Phi) is 6.03. The molecule has 9 heteroatoms. The van der Waals surface area contributed by atoms with Gasteiger partial charge in [-0.15, -0.1) is 10.2 Å². The summed E-state index contributed by atoms with van der Waals surface area (Å²) in [5.41, 5.74) is 3.46. The second kappa shape index (κ2) is 9.07. The molecule has 0 aliphatic carbocycles. The van der Waals surface area contributed by atoms with Gasteiger partial charge in [-0.25, -0.2) is 14.2 Å². The predicted molar refractivity (Wildman–Crippen MR) is 121 cm³/mol. The van der Waals surface area contributed by atoms with Crippen LogP contribution in [0.5, 0.6) is 5.75 Å². The van der Waals surface area contributed by atoms with Gasteiger partial charge in [-0.2, -0.15) is 0 Å².